The first-order valence-corrected chi connectivity index (χ1v) is 9.59. The van der Waals surface area contributed by atoms with Gasteiger partial charge in [-0.3, -0.25) is 14.4 Å². The zero-order valence-electron chi connectivity index (χ0n) is 17.5. The van der Waals surface area contributed by atoms with Gasteiger partial charge >= 0.3 is 5.97 Å². The molecule has 0 saturated carbocycles. The lowest BCUT2D eigenvalue weighted by Gasteiger charge is -2.18. The fourth-order valence-electron chi connectivity index (χ4n) is 2.98. The van der Waals surface area contributed by atoms with Crippen LogP contribution in [-0.2, 0) is 16.0 Å². The van der Waals surface area contributed by atoms with Crippen LogP contribution in [-0.4, -0.2) is 41.5 Å². The number of para-hydroxylation sites is 1. The number of ether oxygens (including phenoxy) is 1. The number of carbonyl (C=O) groups is 3. The van der Waals surface area contributed by atoms with Crippen molar-refractivity contribution < 1.29 is 28.6 Å². The van der Waals surface area contributed by atoms with Crippen molar-refractivity contribution in [1.29, 1.82) is 0 Å². The smallest absolute Gasteiger partial charge is 0.322 e. The number of hydrogen-bond acceptors (Lipinski definition) is 6. The Hall–Kier alpha value is -3.36. The number of methoxy groups -OCH3 is 1. The molecule has 2 amide bonds. The van der Waals surface area contributed by atoms with Gasteiger partial charge < -0.3 is 24.9 Å². The number of carboxylic acid groups (broad SMARTS) is 1. The Balaban J connectivity index is 2.17. The maximum Gasteiger partial charge on any atom is 0.322 e. The lowest BCUT2D eigenvalue weighted by atomic mass is 10.0. The fourth-order valence-corrected chi connectivity index (χ4v) is 2.98. The first-order valence-electron chi connectivity index (χ1n) is 9.59. The summed E-state index contributed by atoms with van der Waals surface area (Å²) in [4.78, 5) is 39.7. The highest BCUT2D eigenvalue weighted by molar-refractivity contribution is 5.94. The van der Waals surface area contributed by atoms with Crippen LogP contribution in [0.15, 0.2) is 28.7 Å². The lowest BCUT2D eigenvalue weighted by Crippen LogP contribution is -2.32. The summed E-state index contributed by atoms with van der Waals surface area (Å²) in [6.07, 6.45) is 0.665. The maximum atomic E-state index is 12.7. The van der Waals surface area contributed by atoms with Gasteiger partial charge in [0, 0.05) is 5.56 Å². The number of hydrogen-bond donors (Lipinski definition) is 3. The third kappa shape index (κ3) is 6.33. The molecule has 2 rings (SSSR count). The Morgan fingerprint density at radius 2 is 1.93 bits per heavy atom. The van der Waals surface area contributed by atoms with Gasteiger partial charge in [0.15, 0.2) is 5.69 Å². The number of nitrogens with one attached hydrogen (secondary N) is 2. The van der Waals surface area contributed by atoms with Gasteiger partial charge in [-0.2, -0.15) is 0 Å². The van der Waals surface area contributed by atoms with Crippen molar-refractivity contribution in [3.8, 4) is 5.75 Å². The number of aromatic nitrogens is 1. The monoisotopic (exact) mass is 417 g/mol. The SMILES string of the molecule is COc1ccccc1CC(=O)NC(CC(C)C)c1nc(C(=O)NCC(=O)O)c(C)o1. The molecule has 0 aliphatic heterocycles. The van der Waals surface area contributed by atoms with E-state index in [4.69, 9.17) is 14.3 Å². The first kappa shape index (κ1) is 22.9. The standard InChI is InChI=1S/C21H27N3O6/c1-12(2)9-15(23-17(25)10-14-7-5-6-8-16(14)29-4)21-24-19(13(3)30-21)20(28)22-11-18(26)27/h5-8,12,15H,9-11H2,1-4H3,(H,22,28)(H,23,25)(H,26,27). The Morgan fingerprint density at radius 3 is 2.57 bits per heavy atom. The van der Waals surface area contributed by atoms with E-state index in [1.54, 1.807) is 20.1 Å². The zero-order chi connectivity index (χ0) is 22.3. The van der Waals surface area contributed by atoms with Crippen molar-refractivity contribution in [1.82, 2.24) is 15.6 Å². The van der Waals surface area contributed by atoms with Crippen molar-refractivity contribution >= 4 is 17.8 Å². The summed E-state index contributed by atoms with van der Waals surface area (Å²) in [6, 6.07) is 6.72. The largest absolute Gasteiger partial charge is 0.496 e. The second-order valence-corrected chi connectivity index (χ2v) is 7.27. The van der Waals surface area contributed by atoms with E-state index in [1.165, 1.54) is 0 Å². The molecule has 9 heteroatoms. The Morgan fingerprint density at radius 1 is 1.23 bits per heavy atom. The van der Waals surface area contributed by atoms with Crippen LogP contribution in [0, 0.1) is 12.8 Å². The molecule has 1 aromatic heterocycles. The minimum absolute atomic E-state index is 0.000941. The van der Waals surface area contributed by atoms with E-state index < -0.39 is 24.5 Å². The van der Waals surface area contributed by atoms with Crippen molar-refractivity contribution in [3.63, 3.8) is 0 Å². The summed E-state index contributed by atoms with van der Waals surface area (Å²) < 4.78 is 10.9. The molecule has 1 atom stereocenters. The van der Waals surface area contributed by atoms with Crippen LogP contribution in [0.5, 0.6) is 5.75 Å². The van der Waals surface area contributed by atoms with Gasteiger partial charge in [-0.15, -0.1) is 0 Å². The van der Waals surface area contributed by atoms with E-state index in [9.17, 15) is 14.4 Å². The van der Waals surface area contributed by atoms with Crippen molar-refractivity contribution in [3.05, 3.63) is 47.2 Å². The number of aryl methyl sites for hydroxylation is 1. The highest BCUT2D eigenvalue weighted by Gasteiger charge is 2.25. The van der Waals surface area contributed by atoms with Gasteiger partial charge in [0.05, 0.1) is 13.5 Å². The third-order valence-electron chi connectivity index (χ3n) is 4.31. The number of amides is 2. The molecule has 0 aliphatic carbocycles. The molecule has 1 aromatic carbocycles. The topological polar surface area (TPSA) is 131 Å². The van der Waals surface area contributed by atoms with E-state index in [0.29, 0.717) is 12.2 Å². The normalized spacial score (nSPS) is 11.8. The van der Waals surface area contributed by atoms with E-state index >= 15 is 0 Å². The molecule has 0 spiro atoms. The number of aliphatic carboxylic acids is 1. The van der Waals surface area contributed by atoms with Crippen LogP contribution in [0.1, 0.15) is 54.0 Å². The molecular weight excluding hydrogens is 390 g/mol. The molecule has 0 aliphatic rings. The van der Waals surface area contributed by atoms with Crippen molar-refractivity contribution in [2.75, 3.05) is 13.7 Å². The predicted octanol–water partition coefficient (Wildman–Crippen LogP) is 2.25. The Bertz CT molecular complexity index is 906. The molecule has 30 heavy (non-hydrogen) atoms. The summed E-state index contributed by atoms with van der Waals surface area (Å²) in [5, 5.41) is 13.9. The molecule has 0 radical (unpaired) electrons. The van der Waals surface area contributed by atoms with E-state index in [2.05, 4.69) is 15.6 Å². The lowest BCUT2D eigenvalue weighted by molar-refractivity contribution is -0.135. The number of rotatable bonds is 10. The minimum atomic E-state index is -1.16. The highest BCUT2D eigenvalue weighted by atomic mass is 16.5. The molecular formula is C21H27N3O6. The number of nitrogens with zero attached hydrogens (tertiary/aromatic N) is 1. The van der Waals surface area contributed by atoms with Gasteiger partial charge in [-0.05, 0) is 25.3 Å². The van der Waals surface area contributed by atoms with Gasteiger partial charge in [-0.1, -0.05) is 32.0 Å². The molecule has 2 aromatic rings. The molecule has 3 N–H and O–H groups in total. The molecule has 0 saturated heterocycles. The second kappa shape index (κ2) is 10.4. The first-order chi connectivity index (χ1) is 14.2. The third-order valence-corrected chi connectivity index (χ3v) is 4.31. The Kier molecular flexibility index (Phi) is 7.97. The average molecular weight is 417 g/mol. The second-order valence-electron chi connectivity index (χ2n) is 7.27. The Labute approximate surface area is 174 Å². The van der Waals surface area contributed by atoms with Gasteiger partial charge in [0.25, 0.3) is 5.91 Å². The summed E-state index contributed by atoms with van der Waals surface area (Å²) in [7, 11) is 1.55. The molecule has 1 unspecified atom stereocenters. The fraction of sp³-hybridized carbons (Fsp3) is 0.429. The molecule has 162 valence electrons. The molecule has 9 nitrogen and oxygen atoms in total. The molecule has 0 bridgehead atoms. The summed E-state index contributed by atoms with van der Waals surface area (Å²) in [6.45, 7) is 5.03. The van der Waals surface area contributed by atoms with Crippen LogP contribution < -0.4 is 15.4 Å². The number of oxazole rings is 1. The van der Waals surface area contributed by atoms with Crippen LogP contribution in [0.4, 0.5) is 0 Å². The average Bonchev–Trinajstić information content (AvgIpc) is 3.07. The van der Waals surface area contributed by atoms with E-state index in [0.717, 1.165) is 5.56 Å². The van der Waals surface area contributed by atoms with Crippen LogP contribution in [0.2, 0.25) is 0 Å². The maximum absolute atomic E-state index is 12.7. The molecule has 1 heterocycles. The van der Waals surface area contributed by atoms with Gasteiger partial charge in [-0.25, -0.2) is 4.98 Å². The van der Waals surface area contributed by atoms with E-state index in [1.807, 2.05) is 32.0 Å². The quantitative estimate of drug-likeness (QED) is 0.540. The summed E-state index contributed by atoms with van der Waals surface area (Å²) in [5.74, 6) is -0.747. The summed E-state index contributed by atoms with van der Waals surface area (Å²) >= 11 is 0. The van der Waals surface area contributed by atoms with Crippen molar-refractivity contribution in [2.45, 2.75) is 39.7 Å². The highest BCUT2D eigenvalue weighted by Crippen LogP contribution is 2.24. The van der Waals surface area contributed by atoms with Crippen LogP contribution in [0.3, 0.4) is 0 Å². The number of benzene rings is 1. The van der Waals surface area contributed by atoms with Crippen molar-refractivity contribution in [2.24, 2.45) is 5.92 Å². The number of carboxylic acids is 1. The van der Waals surface area contributed by atoms with Crippen LogP contribution in [0.25, 0.3) is 0 Å². The van der Waals surface area contributed by atoms with Gasteiger partial charge in [0.2, 0.25) is 11.8 Å². The minimum Gasteiger partial charge on any atom is -0.496 e. The summed E-state index contributed by atoms with van der Waals surface area (Å²) in [5.41, 5.74) is 0.747. The van der Waals surface area contributed by atoms with Crippen LogP contribution >= 0.6 is 0 Å². The number of carbonyl (C=O) groups excluding carboxylic acids is 2. The van der Waals surface area contributed by atoms with Gasteiger partial charge in [0.1, 0.15) is 24.1 Å². The molecule has 0 fully saturated rings. The van der Waals surface area contributed by atoms with E-state index in [-0.39, 0.29) is 35.6 Å². The zero-order valence-corrected chi connectivity index (χ0v) is 17.5. The predicted molar refractivity (Wildman–Crippen MR) is 108 cm³/mol.